The summed E-state index contributed by atoms with van der Waals surface area (Å²) in [5.74, 6) is 0. The van der Waals surface area contributed by atoms with Crippen LogP contribution in [-0.4, -0.2) is 31.6 Å². The average Bonchev–Trinajstić information content (AvgIpc) is 1.86. The van der Waals surface area contributed by atoms with Crippen LogP contribution in [0, 0.1) is 0 Å². The van der Waals surface area contributed by atoms with Gasteiger partial charge in [-0.05, 0) is 19.3 Å². The van der Waals surface area contributed by atoms with Crippen molar-refractivity contribution in [1.29, 1.82) is 0 Å². The Bertz CT molecular complexity index is 111. The van der Waals surface area contributed by atoms with Gasteiger partial charge in [0.2, 0.25) is 0 Å². The van der Waals surface area contributed by atoms with Crippen LogP contribution in [0.2, 0.25) is 0 Å². The van der Waals surface area contributed by atoms with E-state index in [1.165, 1.54) is 19.3 Å². The molecule has 2 fully saturated rings. The van der Waals surface area contributed by atoms with Crippen molar-refractivity contribution in [2.45, 2.75) is 25.0 Å². The van der Waals surface area contributed by atoms with Crippen LogP contribution in [0.25, 0.3) is 0 Å². The summed E-state index contributed by atoms with van der Waals surface area (Å²) >= 11 is 0. The molecule has 0 aliphatic carbocycles. The van der Waals surface area contributed by atoms with Crippen molar-refractivity contribution in [2.75, 3.05) is 6.61 Å². The number of hydrogen-bond acceptors (Lipinski definition) is 3. The Kier molecular flexibility index (Phi) is 2.20. The van der Waals surface area contributed by atoms with E-state index in [4.69, 9.17) is 13.0 Å². The first kappa shape index (κ1) is 6.99. The first-order valence-corrected chi connectivity index (χ1v) is 6.58. The summed E-state index contributed by atoms with van der Waals surface area (Å²) < 4.78 is 16.3. The summed E-state index contributed by atoms with van der Waals surface area (Å²) in [6.45, 7) is 0.919. The van der Waals surface area contributed by atoms with Crippen LogP contribution in [-0.2, 0) is 13.0 Å². The molecule has 0 N–H and O–H groups in total. The van der Waals surface area contributed by atoms with Crippen LogP contribution in [0.5, 0.6) is 0 Å². The van der Waals surface area contributed by atoms with Crippen LogP contribution in [0.15, 0.2) is 0 Å². The molecule has 2 heterocycles. The largest absolute Gasteiger partial charge is 0.421 e. The second-order valence-electron chi connectivity index (χ2n) is 2.72. The van der Waals surface area contributed by atoms with Gasteiger partial charge in [0, 0.05) is 6.61 Å². The molecule has 3 nitrogen and oxygen atoms in total. The molecule has 0 saturated carbocycles. The van der Waals surface area contributed by atoms with Gasteiger partial charge in [-0.2, -0.15) is 0 Å². The minimum absolute atomic E-state index is 0.384. The van der Waals surface area contributed by atoms with Crippen LogP contribution in [0.4, 0.5) is 0 Å². The van der Waals surface area contributed by atoms with E-state index in [0.717, 1.165) is 6.61 Å². The molecule has 1 atom stereocenters. The minimum atomic E-state index is -1.24. The van der Waals surface area contributed by atoms with E-state index in [1.54, 1.807) is 0 Å². The molecule has 58 valence electrons. The highest BCUT2D eigenvalue weighted by Crippen LogP contribution is 2.18. The molecule has 0 bridgehead atoms. The molecule has 2 rings (SSSR count). The molecule has 0 radical (unpaired) electrons. The van der Waals surface area contributed by atoms with Gasteiger partial charge in [0.25, 0.3) is 10.0 Å². The molecule has 1 unspecified atom stereocenters. The van der Waals surface area contributed by atoms with Gasteiger partial charge in [-0.25, -0.2) is 0 Å². The van der Waals surface area contributed by atoms with E-state index in [9.17, 15) is 0 Å². The molecular weight excluding hydrogens is 164 g/mol. The Morgan fingerprint density at radius 2 is 2.20 bits per heavy atom. The topological polar surface area (TPSA) is 27.7 Å². The van der Waals surface area contributed by atoms with Crippen molar-refractivity contribution < 1.29 is 13.0 Å². The summed E-state index contributed by atoms with van der Waals surface area (Å²) in [4.78, 5) is 0. The summed E-state index contributed by atoms with van der Waals surface area (Å²) in [6.07, 6.45) is 3.68. The Balaban J connectivity index is 1.78. The van der Waals surface area contributed by atoms with Crippen molar-refractivity contribution in [2.24, 2.45) is 0 Å². The summed E-state index contributed by atoms with van der Waals surface area (Å²) in [6, 6.07) is 0. The van der Waals surface area contributed by atoms with Gasteiger partial charge in [-0.3, -0.25) is 0 Å². The zero-order valence-electron chi connectivity index (χ0n) is 5.91. The summed E-state index contributed by atoms with van der Waals surface area (Å²) in [7, 11) is -1.75. The van der Waals surface area contributed by atoms with Gasteiger partial charge in [-0.1, -0.05) is 0 Å². The van der Waals surface area contributed by atoms with E-state index in [-0.39, 0.29) is 0 Å². The normalized spacial score (nSPS) is 43.2. The molecule has 0 aromatic carbocycles. The van der Waals surface area contributed by atoms with Crippen LogP contribution in [0.3, 0.4) is 0 Å². The highest BCUT2D eigenvalue weighted by Gasteiger charge is 2.34. The maximum absolute atomic E-state index is 5.52. The maximum atomic E-state index is 5.52. The third kappa shape index (κ3) is 1.33. The third-order valence-corrected chi connectivity index (χ3v) is 6.83. The van der Waals surface area contributed by atoms with Crippen molar-refractivity contribution in [1.82, 2.24) is 0 Å². The van der Waals surface area contributed by atoms with Crippen molar-refractivity contribution >= 4 is 19.3 Å². The first-order valence-electron chi connectivity index (χ1n) is 3.81. The Morgan fingerprint density at radius 3 is 2.70 bits per heavy atom. The lowest BCUT2D eigenvalue weighted by molar-refractivity contribution is 0.0380. The van der Waals surface area contributed by atoms with E-state index >= 15 is 0 Å². The molecule has 0 aromatic rings. The average molecular weight is 176 g/mol. The van der Waals surface area contributed by atoms with E-state index in [1.807, 2.05) is 0 Å². The lowest BCUT2D eigenvalue weighted by Gasteiger charge is -2.34. The third-order valence-electron chi connectivity index (χ3n) is 1.98. The lowest BCUT2D eigenvalue weighted by Crippen LogP contribution is -2.50. The van der Waals surface area contributed by atoms with E-state index < -0.39 is 19.3 Å². The predicted molar refractivity (Wildman–Crippen MR) is 41.5 cm³/mol. The molecule has 2 aliphatic rings. The van der Waals surface area contributed by atoms with Crippen LogP contribution < -0.4 is 0 Å². The quantitative estimate of drug-likeness (QED) is 0.498. The maximum Gasteiger partial charge on any atom is 0.333 e. The van der Waals surface area contributed by atoms with Gasteiger partial charge in [0.1, 0.15) is 0 Å². The Labute approximate surface area is 64.6 Å². The summed E-state index contributed by atoms with van der Waals surface area (Å²) in [5.41, 5.74) is 0.384. The highest BCUT2D eigenvalue weighted by atomic mass is 28.4. The lowest BCUT2D eigenvalue weighted by atomic mass is 10.2. The minimum Gasteiger partial charge on any atom is -0.421 e. The Hall–Kier alpha value is 0.314. The number of rotatable bonds is 1. The number of ether oxygens (including phenoxy) is 1. The monoisotopic (exact) mass is 176 g/mol. The van der Waals surface area contributed by atoms with E-state index in [0.29, 0.717) is 5.73 Å². The molecule has 2 saturated heterocycles. The second-order valence-corrected chi connectivity index (χ2v) is 7.11. The standard InChI is InChI=1S/C5H12O3Si2/c1-2-4-6-5(3-1)10-7-9-8-10/h5,10H,1-4,9H2. The molecule has 0 aromatic heterocycles. The van der Waals surface area contributed by atoms with Gasteiger partial charge in [0.05, 0.1) is 5.73 Å². The fraction of sp³-hybridized carbons (Fsp3) is 1.00. The Morgan fingerprint density at radius 1 is 1.30 bits per heavy atom. The SMILES string of the molecule is C1CCC([SiH]2O[SiH2]O2)OC1. The van der Waals surface area contributed by atoms with Gasteiger partial charge in [-0.15, -0.1) is 0 Å². The van der Waals surface area contributed by atoms with Gasteiger partial charge >= 0.3 is 9.28 Å². The molecule has 0 spiro atoms. The van der Waals surface area contributed by atoms with Gasteiger partial charge in [0.15, 0.2) is 0 Å². The second kappa shape index (κ2) is 3.14. The van der Waals surface area contributed by atoms with Crippen molar-refractivity contribution in [3.05, 3.63) is 0 Å². The van der Waals surface area contributed by atoms with Crippen LogP contribution >= 0.6 is 0 Å². The fourth-order valence-electron chi connectivity index (χ4n) is 1.34. The summed E-state index contributed by atoms with van der Waals surface area (Å²) in [5, 5.41) is 0. The number of hydrogen-bond donors (Lipinski definition) is 0. The molecule has 10 heavy (non-hydrogen) atoms. The predicted octanol–water partition coefficient (Wildman–Crippen LogP) is -0.639. The van der Waals surface area contributed by atoms with Gasteiger partial charge < -0.3 is 13.0 Å². The highest BCUT2D eigenvalue weighted by molar-refractivity contribution is 6.65. The zero-order chi connectivity index (χ0) is 6.81. The zero-order valence-corrected chi connectivity index (χ0v) is 8.48. The smallest absolute Gasteiger partial charge is 0.333 e. The van der Waals surface area contributed by atoms with Crippen molar-refractivity contribution in [3.8, 4) is 0 Å². The molecule has 0 amide bonds. The fourth-order valence-corrected chi connectivity index (χ4v) is 5.03. The van der Waals surface area contributed by atoms with Crippen LogP contribution in [0.1, 0.15) is 19.3 Å². The molecular formula is C5H12O3Si2. The molecule has 2 aliphatic heterocycles. The first-order chi connectivity index (χ1) is 4.97. The van der Waals surface area contributed by atoms with Crippen molar-refractivity contribution in [3.63, 3.8) is 0 Å². The van der Waals surface area contributed by atoms with E-state index in [2.05, 4.69) is 0 Å². The molecule has 5 heteroatoms.